The Morgan fingerprint density at radius 3 is 2.34 bits per heavy atom. The molecule has 0 spiro atoms. The van der Waals surface area contributed by atoms with Gasteiger partial charge in [-0.15, -0.1) is 0 Å². The summed E-state index contributed by atoms with van der Waals surface area (Å²) in [6, 6.07) is 13.3. The Hall–Kier alpha value is -4.06. The third kappa shape index (κ3) is 4.27. The van der Waals surface area contributed by atoms with Crippen molar-refractivity contribution in [1.82, 2.24) is 4.90 Å². The van der Waals surface area contributed by atoms with Gasteiger partial charge < -0.3 is 20.0 Å². The monoisotopic (exact) mass is 394 g/mol. The summed E-state index contributed by atoms with van der Waals surface area (Å²) in [5.74, 6) is -1.69. The maximum absolute atomic E-state index is 12.7. The molecule has 9 heteroatoms. The average Bonchev–Trinajstić information content (AvgIpc) is 2.73. The number of hydrogen-bond acceptors (Lipinski definition) is 7. The molecule has 0 saturated carbocycles. The number of benzene rings is 2. The number of phenolic OH excluding ortho intramolecular Hbond substituents is 2. The van der Waals surface area contributed by atoms with Crippen LogP contribution in [0.2, 0.25) is 0 Å². The first-order valence-corrected chi connectivity index (χ1v) is 8.82. The van der Waals surface area contributed by atoms with E-state index in [0.29, 0.717) is 26.2 Å². The number of anilines is 1. The first-order valence-electron chi connectivity index (χ1n) is 8.82. The Kier molecular flexibility index (Phi) is 5.64. The number of nitro groups is 1. The van der Waals surface area contributed by atoms with E-state index in [1.54, 1.807) is 6.07 Å². The van der Waals surface area contributed by atoms with Crippen LogP contribution in [-0.2, 0) is 4.79 Å². The number of amides is 1. The molecule has 0 aromatic heterocycles. The molecule has 1 aliphatic heterocycles. The maximum Gasteiger partial charge on any atom is 0.311 e. The first-order chi connectivity index (χ1) is 13.9. The lowest BCUT2D eigenvalue weighted by atomic mass is 10.1. The maximum atomic E-state index is 12.7. The number of para-hydroxylation sites is 1. The van der Waals surface area contributed by atoms with Gasteiger partial charge in [0.2, 0.25) is 0 Å². The number of piperazine rings is 1. The summed E-state index contributed by atoms with van der Waals surface area (Å²) in [7, 11) is 0. The van der Waals surface area contributed by atoms with Crippen LogP contribution in [0.1, 0.15) is 5.56 Å². The van der Waals surface area contributed by atoms with Gasteiger partial charge in [0.25, 0.3) is 5.91 Å². The van der Waals surface area contributed by atoms with E-state index in [2.05, 4.69) is 4.90 Å². The molecule has 0 radical (unpaired) electrons. The largest absolute Gasteiger partial charge is 0.507 e. The third-order valence-corrected chi connectivity index (χ3v) is 4.66. The number of nitrogens with zero attached hydrogens (tertiary/aromatic N) is 4. The Bertz CT molecular complexity index is 1010. The van der Waals surface area contributed by atoms with Crippen LogP contribution in [0.4, 0.5) is 11.4 Å². The molecule has 1 fully saturated rings. The zero-order chi connectivity index (χ0) is 21.0. The normalized spacial score (nSPS) is 14.4. The molecule has 1 saturated heterocycles. The van der Waals surface area contributed by atoms with E-state index >= 15 is 0 Å². The van der Waals surface area contributed by atoms with Crippen LogP contribution in [0.15, 0.2) is 48.0 Å². The minimum Gasteiger partial charge on any atom is -0.507 e. The molecule has 0 bridgehead atoms. The summed E-state index contributed by atoms with van der Waals surface area (Å²) in [6.07, 6.45) is 1.09. The number of carbonyl (C=O) groups excluding carboxylic acids is 1. The second-order valence-corrected chi connectivity index (χ2v) is 6.44. The highest BCUT2D eigenvalue weighted by molar-refractivity contribution is 6.02. The lowest BCUT2D eigenvalue weighted by Gasteiger charge is -2.36. The van der Waals surface area contributed by atoms with Gasteiger partial charge in [0.1, 0.15) is 17.4 Å². The number of rotatable bonds is 4. The smallest absolute Gasteiger partial charge is 0.311 e. The van der Waals surface area contributed by atoms with E-state index in [-0.39, 0.29) is 11.1 Å². The lowest BCUT2D eigenvalue weighted by Crippen LogP contribution is -2.49. The summed E-state index contributed by atoms with van der Waals surface area (Å²) < 4.78 is 0. The zero-order valence-corrected chi connectivity index (χ0v) is 15.4. The average molecular weight is 394 g/mol. The van der Waals surface area contributed by atoms with Crippen LogP contribution in [0.25, 0.3) is 6.08 Å². The molecule has 9 nitrogen and oxygen atoms in total. The van der Waals surface area contributed by atoms with Crippen LogP contribution < -0.4 is 4.90 Å². The second-order valence-electron chi connectivity index (χ2n) is 6.44. The van der Waals surface area contributed by atoms with Gasteiger partial charge in [-0.1, -0.05) is 18.2 Å². The molecule has 0 atom stereocenters. The minimum absolute atomic E-state index is 0.0951. The van der Waals surface area contributed by atoms with E-state index in [0.717, 1.165) is 23.9 Å². The Morgan fingerprint density at radius 1 is 1.10 bits per heavy atom. The quantitative estimate of drug-likeness (QED) is 0.352. The summed E-state index contributed by atoms with van der Waals surface area (Å²) in [5.41, 5.74) is 0.0722. The van der Waals surface area contributed by atoms with Crippen molar-refractivity contribution in [3.63, 3.8) is 0 Å². The van der Waals surface area contributed by atoms with Gasteiger partial charge in [-0.2, -0.15) is 5.26 Å². The van der Waals surface area contributed by atoms with E-state index in [1.807, 2.05) is 30.3 Å². The van der Waals surface area contributed by atoms with Gasteiger partial charge in [0, 0.05) is 49.6 Å². The fourth-order valence-electron chi connectivity index (χ4n) is 3.12. The van der Waals surface area contributed by atoms with Gasteiger partial charge in [0.15, 0.2) is 5.75 Å². The summed E-state index contributed by atoms with van der Waals surface area (Å²) in [6.45, 7) is 2.03. The fraction of sp³-hybridized carbons (Fsp3) is 0.200. The molecule has 0 aliphatic carbocycles. The highest BCUT2D eigenvalue weighted by Crippen LogP contribution is 2.34. The topological polar surface area (TPSA) is 131 Å². The van der Waals surface area contributed by atoms with E-state index in [4.69, 9.17) is 0 Å². The highest BCUT2D eigenvalue weighted by atomic mass is 16.6. The molecule has 2 N–H and O–H groups in total. The molecule has 3 rings (SSSR count). The van der Waals surface area contributed by atoms with Gasteiger partial charge in [-0.05, 0) is 18.2 Å². The second kappa shape index (κ2) is 8.31. The van der Waals surface area contributed by atoms with Crippen LogP contribution in [0.5, 0.6) is 11.5 Å². The fourth-order valence-corrected chi connectivity index (χ4v) is 3.12. The predicted molar refractivity (Wildman–Crippen MR) is 105 cm³/mol. The first kappa shape index (κ1) is 19.7. The number of hydrogen-bond donors (Lipinski definition) is 2. The number of carbonyl (C=O) groups is 1. The van der Waals surface area contributed by atoms with Crippen molar-refractivity contribution in [2.45, 2.75) is 0 Å². The van der Waals surface area contributed by atoms with Crippen LogP contribution >= 0.6 is 0 Å². The Labute approximate surface area is 166 Å². The van der Waals surface area contributed by atoms with E-state index in [1.165, 1.54) is 4.90 Å². The van der Waals surface area contributed by atoms with Gasteiger partial charge in [-0.3, -0.25) is 14.9 Å². The molecular formula is C20H18N4O5. The predicted octanol–water partition coefficient (Wildman–Crippen LogP) is 2.26. The SMILES string of the molecule is N#C/C(=C/c1cc([N+](=O)[O-])c(O)cc1O)C(=O)N1CCN(c2ccccc2)CC1. The van der Waals surface area contributed by atoms with Gasteiger partial charge in [-0.25, -0.2) is 0 Å². The number of phenols is 2. The molecule has 1 heterocycles. The van der Waals surface area contributed by atoms with Crippen LogP contribution in [0, 0.1) is 21.4 Å². The lowest BCUT2D eigenvalue weighted by molar-refractivity contribution is -0.385. The van der Waals surface area contributed by atoms with Gasteiger partial charge in [0.05, 0.1) is 4.92 Å². The molecule has 0 unspecified atom stereocenters. The van der Waals surface area contributed by atoms with Crippen molar-refractivity contribution in [1.29, 1.82) is 5.26 Å². The summed E-state index contributed by atoms with van der Waals surface area (Å²) in [4.78, 5) is 26.5. The molecule has 148 valence electrons. The minimum atomic E-state index is -0.817. The van der Waals surface area contributed by atoms with Crippen LogP contribution in [0.3, 0.4) is 0 Å². The van der Waals surface area contributed by atoms with Crippen molar-refractivity contribution in [2.24, 2.45) is 0 Å². The molecule has 2 aromatic rings. The number of nitro benzene ring substituents is 1. The molecule has 1 aliphatic rings. The Balaban J connectivity index is 1.77. The van der Waals surface area contributed by atoms with Crippen molar-refractivity contribution in [3.8, 4) is 17.6 Å². The van der Waals surface area contributed by atoms with Crippen molar-refractivity contribution in [2.75, 3.05) is 31.1 Å². The third-order valence-electron chi connectivity index (χ3n) is 4.66. The Morgan fingerprint density at radius 2 is 1.76 bits per heavy atom. The molecular weight excluding hydrogens is 376 g/mol. The highest BCUT2D eigenvalue weighted by Gasteiger charge is 2.25. The van der Waals surface area contributed by atoms with Crippen molar-refractivity contribution < 1.29 is 19.9 Å². The molecule has 1 amide bonds. The van der Waals surface area contributed by atoms with Crippen molar-refractivity contribution in [3.05, 3.63) is 63.7 Å². The summed E-state index contributed by atoms with van der Waals surface area (Å²) >= 11 is 0. The molecule has 2 aromatic carbocycles. The zero-order valence-electron chi connectivity index (χ0n) is 15.4. The molecule has 29 heavy (non-hydrogen) atoms. The number of nitriles is 1. The van der Waals surface area contributed by atoms with E-state index in [9.17, 15) is 30.4 Å². The summed E-state index contributed by atoms with van der Waals surface area (Å²) in [5, 5.41) is 39.8. The standard InChI is InChI=1S/C20H18N4O5/c21-13-15(10-14-11-17(24(28)29)19(26)12-18(14)25)20(27)23-8-6-22(7-9-23)16-4-2-1-3-5-16/h1-5,10-12,25-26H,6-9H2/b15-10-. The van der Waals surface area contributed by atoms with Crippen molar-refractivity contribution >= 4 is 23.4 Å². The van der Waals surface area contributed by atoms with Crippen LogP contribution in [-0.4, -0.2) is 52.1 Å². The van der Waals surface area contributed by atoms with E-state index < -0.39 is 28.0 Å². The number of aromatic hydroxyl groups is 2. The van der Waals surface area contributed by atoms with Gasteiger partial charge >= 0.3 is 5.69 Å².